The monoisotopic (exact) mass is 337 g/mol. The molecule has 1 aromatic rings. The summed E-state index contributed by atoms with van der Waals surface area (Å²) in [7, 11) is 4.02. The molecule has 1 atom stereocenters. The summed E-state index contributed by atoms with van der Waals surface area (Å²) in [5.74, 6) is 0. The SMILES string of the molecule is C[C@@H](NC(=O)N(C)CCN(C)C1CCCC1)c1ccc(Cl)cc1. The number of carbonyl (C=O) groups is 1. The molecule has 2 rings (SSSR count). The van der Waals surface area contributed by atoms with Gasteiger partial charge in [0, 0.05) is 31.2 Å². The minimum atomic E-state index is -0.0349. The van der Waals surface area contributed by atoms with E-state index in [1.54, 1.807) is 4.90 Å². The molecular formula is C18H28ClN3O. The van der Waals surface area contributed by atoms with E-state index >= 15 is 0 Å². The Morgan fingerprint density at radius 3 is 2.43 bits per heavy atom. The highest BCUT2D eigenvalue weighted by Crippen LogP contribution is 2.22. The summed E-state index contributed by atoms with van der Waals surface area (Å²) >= 11 is 5.90. The Balaban J connectivity index is 1.76. The van der Waals surface area contributed by atoms with Gasteiger partial charge in [0.25, 0.3) is 0 Å². The molecule has 0 radical (unpaired) electrons. The predicted octanol–water partition coefficient (Wildman–Crippen LogP) is 3.92. The zero-order valence-electron chi connectivity index (χ0n) is 14.4. The first-order valence-corrected chi connectivity index (χ1v) is 8.82. The van der Waals surface area contributed by atoms with Crippen LogP contribution in [0.4, 0.5) is 4.79 Å². The molecule has 0 bridgehead atoms. The Kier molecular flexibility index (Phi) is 6.72. The molecule has 0 unspecified atom stereocenters. The van der Waals surface area contributed by atoms with Crippen LogP contribution >= 0.6 is 11.6 Å². The van der Waals surface area contributed by atoms with Crippen molar-refractivity contribution in [3.8, 4) is 0 Å². The van der Waals surface area contributed by atoms with Crippen LogP contribution in [0.15, 0.2) is 24.3 Å². The number of urea groups is 1. The zero-order valence-corrected chi connectivity index (χ0v) is 15.1. The topological polar surface area (TPSA) is 35.6 Å². The van der Waals surface area contributed by atoms with Gasteiger partial charge in [-0.25, -0.2) is 4.79 Å². The van der Waals surface area contributed by atoms with Crippen LogP contribution in [0.5, 0.6) is 0 Å². The van der Waals surface area contributed by atoms with E-state index in [1.165, 1.54) is 25.7 Å². The fraction of sp³-hybridized carbons (Fsp3) is 0.611. The number of hydrogen-bond acceptors (Lipinski definition) is 2. The van der Waals surface area contributed by atoms with Crippen molar-refractivity contribution in [2.75, 3.05) is 27.2 Å². The van der Waals surface area contributed by atoms with Gasteiger partial charge in [-0.05, 0) is 44.5 Å². The summed E-state index contributed by atoms with van der Waals surface area (Å²) < 4.78 is 0. The van der Waals surface area contributed by atoms with Crippen LogP contribution in [0.1, 0.15) is 44.2 Å². The average Bonchev–Trinajstić information content (AvgIpc) is 3.07. The molecule has 2 amide bonds. The molecule has 1 aliphatic rings. The summed E-state index contributed by atoms with van der Waals surface area (Å²) in [6, 6.07) is 8.21. The van der Waals surface area contributed by atoms with E-state index < -0.39 is 0 Å². The number of nitrogens with zero attached hydrogens (tertiary/aromatic N) is 2. The number of benzene rings is 1. The highest BCUT2D eigenvalue weighted by atomic mass is 35.5. The average molecular weight is 338 g/mol. The third-order valence-corrected chi connectivity index (χ3v) is 5.04. The fourth-order valence-corrected chi connectivity index (χ4v) is 3.19. The van der Waals surface area contributed by atoms with Gasteiger partial charge in [-0.2, -0.15) is 0 Å². The van der Waals surface area contributed by atoms with Crippen LogP contribution < -0.4 is 5.32 Å². The second-order valence-corrected chi connectivity index (χ2v) is 7.00. The number of hydrogen-bond donors (Lipinski definition) is 1. The van der Waals surface area contributed by atoms with E-state index in [1.807, 2.05) is 38.2 Å². The quantitative estimate of drug-likeness (QED) is 0.854. The second kappa shape index (κ2) is 8.55. The Hall–Kier alpha value is -1.26. The summed E-state index contributed by atoms with van der Waals surface area (Å²) in [5, 5.41) is 3.74. The van der Waals surface area contributed by atoms with Crippen LogP contribution in [-0.2, 0) is 0 Å². The number of carbonyl (C=O) groups excluding carboxylic acids is 1. The number of nitrogens with one attached hydrogen (secondary N) is 1. The number of amides is 2. The Labute approximate surface area is 144 Å². The molecule has 128 valence electrons. The molecule has 5 heteroatoms. The van der Waals surface area contributed by atoms with E-state index in [2.05, 4.69) is 17.3 Å². The largest absolute Gasteiger partial charge is 0.331 e. The number of halogens is 1. The van der Waals surface area contributed by atoms with Crippen molar-refractivity contribution < 1.29 is 4.79 Å². The Morgan fingerprint density at radius 2 is 1.83 bits per heavy atom. The first kappa shape index (κ1) is 18.1. The predicted molar refractivity (Wildman–Crippen MR) is 95.9 cm³/mol. The number of rotatable bonds is 6. The third kappa shape index (κ3) is 5.40. The Morgan fingerprint density at radius 1 is 1.22 bits per heavy atom. The first-order valence-electron chi connectivity index (χ1n) is 8.44. The van der Waals surface area contributed by atoms with Crippen molar-refractivity contribution >= 4 is 17.6 Å². The lowest BCUT2D eigenvalue weighted by molar-refractivity contribution is 0.186. The van der Waals surface area contributed by atoms with Gasteiger partial charge < -0.3 is 15.1 Å². The molecule has 0 aromatic heterocycles. The molecule has 0 saturated heterocycles. The van der Waals surface area contributed by atoms with E-state index in [4.69, 9.17) is 11.6 Å². The van der Waals surface area contributed by atoms with E-state index in [-0.39, 0.29) is 12.1 Å². The second-order valence-electron chi connectivity index (χ2n) is 6.56. The van der Waals surface area contributed by atoms with Crippen molar-refractivity contribution in [2.45, 2.75) is 44.7 Å². The molecule has 1 fully saturated rings. The van der Waals surface area contributed by atoms with Gasteiger partial charge >= 0.3 is 6.03 Å². The maximum Gasteiger partial charge on any atom is 0.317 e. The lowest BCUT2D eigenvalue weighted by atomic mass is 10.1. The van der Waals surface area contributed by atoms with Crippen LogP contribution in [0.3, 0.4) is 0 Å². The van der Waals surface area contributed by atoms with E-state index in [9.17, 15) is 4.79 Å². The van der Waals surface area contributed by atoms with Crippen LogP contribution in [0.2, 0.25) is 5.02 Å². The lowest BCUT2D eigenvalue weighted by Gasteiger charge is -2.27. The maximum atomic E-state index is 12.3. The summed E-state index contributed by atoms with van der Waals surface area (Å²) in [6.45, 7) is 3.65. The standard InChI is InChI=1S/C18H28ClN3O/c1-14(15-8-10-16(19)11-9-15)20-18(23)22(3)13-12-21(2)17-6-4-5-7-17/h8-11,14,17H,4-7,12-13H2,1-3H3,(H,20,23)/t14-/m1/s1. The van der Waals surface area contributed by atoms with Crippen molar-refractivity contribution in [2.24, 2.45) is 0 Å². The summed E-state index contributed by atoms with van der Waals surface area (Å²) in [5.41, 5.74) is 1.05. The third-order valence-electron chi connectivity index (χ3n) is 4.79. The van der Waals surface area contributed by atoms with Crippen molar-refractivity contribution in [1.29, 1.82) is 0 Å². The molecule has 0 heterocycles. The molecule has 1 aliphatic carbocycles. The molecule has 23 heavy (non-hydrogen) atoms. The van der Waals surface area contributed by atoms with Gasteiger partial charge in [0.1, 0.15) is 0 Å². The fourth-order valence-electron chi connectivity index (χ4n) is 3.07. The molecule has 1 N–H and O–H groups in total. The molecule has 0 aliphatic heterocycles. The summed E-state index contributed by atoms with van der Waals surface area (Å²) in [4.78, 5) is 16.4. The van der Waals surface area contributed by atoms with Gasteiger partial charge in [0.05, 0.1) is 6.04 Å². The maximum absolute atomic E-state index is 12.3. The van der Waals surface area contributed by atoms with Crippen LogP contribution in [0.25, 0.3) is 0 Å². The highest BCUT2D eigenvalue weighted by Gasteiger charge is 2.20. The molecule has 0 spiro atoms. The van der Waals surface area contributed by atoms with Gasteiger partial charge in [-0.15, -0.1) is 0 Å². The highest BCUT2D eigenvalue weighted by molar-refractivity contribution is 6.30. The normalized spacial score (nSPS) is 16.6. The van der Waals surface area contributed by atoms with E-state index in [0.29, 0.717) is 11.1 Å². The van der Waals surface area contributed by atoms with Gasteiger partial charge in [-0.1, -0.05) is 36.6 Å². The van der Waals surface area contributed by atoms with Gasteiger partial charge in [0.15, 0.2) is 0 Å². The van der Waals surface area contributed by atoms with Crippen molar-refractivity contribution in [1.82, 2.24) is 15.1 Å². The van der Waals surface area contributed by atoms with E-state index in [0.717, 1.165) is 18.7 Å². The smallest absolute Gasteiger partial charge is 0.317 e. The minimum absolute atomic E-state index is 0.0326. The molecular weight excluding hydrogens is 310 g/mol. The molecule has 1 aromatic carbocycles. The number of likely N-dealkylation sites (N-methyl/N-ethyl adjacent to an activating group) is 2. The summed E-state index contributed by atoms with van der Waals surface area (Å²) in [6.07, 6.45) is 5.26. The molecule has 4 nitrogen and oxygen atoms in total. The Bertz CT molecular complexity index is 499. The zero-order chi connectivity index (χ0) is 16.8. The van der Waals surface area contributed by atoms with Gasteiger partial charge in [-0.3, -0.25) is 0 Å². The molecule has 1 saturated carbocycles. The van der Waals surface area contributed by atoms with Crippen LogP contribution in [0, 0.1) is 0 Å². The van der Waals surface area contributed by atoms with Crippen molar-refractivity contribution in [3.63, 3.8) is 0 Å². The lowest BCUT2D eigenvalue weighted by Crippen LogP contribution is -2.43. The van der Waals surface area contributed by atoms with Gasteiger partial charge in [0.2, 0.25) is 0 Å². The first-order chi connectivity index (χ1) is 11.0. The van der Waals surface area contributed by atoms with Crippen molar-refractivity contribution in [3.05, 3.63) is 34.9 Å². The van der Waals surface area contributed by atoms with Crippen LogP contribution in [-0.4, -0.2) is 49.1 Å². The minimum Gasteiger partial charge on any atom is -0.331 e.